The summed E-state index contributed by atoms with van der Waals surface area (Å²) in [6.45, 7) is 2.76. The molecular weight excluding hydrogens is 208 g/mol. The van der Waals surface area contributed by atoms with Crippen LogP contribution in [0.25, 0.3) is 0 Å². The number of fused-ring (bicyclic) bond motifs is 1. The molecule has 15 heavy (non-hydrogen) atoms. The number of nitrogens with one attached hydrogen (secondary N) is 1. The van der Waals surface area contributed by atoms with Gasteiger partial charge >= 0.3 is 0 Å². The first-order valence-electron chi connectivity index (χ1n) is 5.73. The molecule has 3 rings (SSSR count). The highest BCUT2D eigenvalue weighted by Gasteiger charge is 2.22. The van der Waals surface area contributed by atoms with E-state index in [1.807, 2.05) is 11.3 Å². The zero-order chi connectivity index (χ0) is 10.1. The third kappa shape index (κ3) is 1.94. The normalized spacial score (nSPS) is 26.3. The third-order valence-electron chi connectivity index (χ3n) is 3.12. The van der Waals surface area contributed by atoms with E-state index in [0.717, 1.165) is 26.2 Å². The van der Waals surface area contributed by atoms with E-state index in [1.54, 1.807) is 0 Å². The summed E-state index contributed by atoms with van der Waals surface area (Å²) in [7, 11) is 0. The molecule has 1 fully saturated rings. The van der Waals surface area contributed by atoms with Gasteiger partial charge < -0.3 is 10.1 Å². The first kappa shape index (κ1) is 9.75. The van der Waals surface area contributed by atoms with Gasteiger partial charge in [0.25, 0.3) is 0 Å². The van der Waals surface area contributed by atoms with Crippen molar-refractivity contribution in [3.8, 4) is 0 Å². The molecule has 0 bridgehead atoms. The average molecular weight is 224 g/mol. The lowest BCUT2D eigenvalue weighted by atomic mass is 10.1. The van der Waals surface area contributed by atoms with Crippen LogP contribution in [0, 0.1) is 0 Å². The molecule has 0 saturated carbocycles. The molecule has 0 amide bonds. The van der Waals surface area contributed by atoms with Crippen molar-refractivity contribution < 1.29 is 4.74 Å². The molecule has 3 nitrogen and oxygen atoms in total. The van der Waals surface area contributed by atoms with E-state index in [0.29, 0.717) is 6.04 Å². The SMILES string of the molecule is C1CCC(c2nc3c(s2)COCC3)NC1. The monoisotopic (exact) mass is 224 g/mol. The van der Waals surface area contributed by atoms with Gasteiger partial charge in [-0.05, 0) is 19.4 Å². The van der Waals surface area contributed by atoms with Gasteiger partial charge in [0.05, 0.1) is 29.8 Å². The summed E-state index contributed by atoms with van der Waals surface area (Å²) in [5, 5.41) is 4.83. The number of ether oxygens (including phenoxy) is 1. The number of hydrogen-bond acceptors (Lipinski definition) is 4. The van der Waals surface area contributed by atoms with Gasteiger partial charge in [0, 0.05) is 6.42 Å². The molecule has 1 saturated heterocycles. The van der Waals surface area contributed by atoms with E-state index in [4.69, 9.17) is 9.72 Å². The number of nitrogens with zero attached hydrogens (tertiary/aromatic N) is 1. The van der Waals surface area contributed by atoms with Gasteiger partial charge in [-0.25, -0.2) is 4.98 Å². The summed E-state index contributed by atoms with van der Waals surface area (Å²) >= 11 is 1.84. The van der Waals surface area contributed by atoms with Gasteiger partial charge in [-0.1, -0.05) is 6.42 Å². The molecule has 1 aromatic rings. The number of hydrogen-bond donors (Lipinski definition) is 1. The maximum Gasteiger partial charge on any atom is 0.110 e. The Morgan fingerprint density at radius 3 is 3.20 bits per heavy atom. The Bertz CT molecular complexity index is 321. The highest BCUT2D eigenvalue weighted by atomic mass is 32.1. The fraction of sp³-hybridized carbons (Fsp3) is 0.727. The Morgan fingerprint density at radius 1 is 1.40 bits per heavy atom. The minimum atomic E-state index is 0.509. The summed E-state index contributed by atoms with van der Waals surface area (Å²) < 4.78 is 5.45. The molecule has 0 aliphatic carbocycles. The van der Waals surface area contributed by atoms with Crippen molar-refractivity contribution in [3.05, 3.63) is 15.6 Å². The number of piperidine rings is 1. The number of thiazole rings is 1. The molecule has 82 valence electrons. The minimum absolute atomic E-state index is 0.509. The molecule has 1 atom stereocenters. The van der Waals surface area contributed by atoms with Crippen molar-refractivity contribution in [2.75, 3.05) is 13.2 Å². The van der Waals surface area contributed by atoms with E-state index >= 15 is 0 Å². The lowest BCUT2D eigenvalue weighted by molar-refractivity contribution is 0.112. The number of rotatable bonds is 1. The summed E-state index contributed by atoms with van der Waals surface area (Å²) in [6, 6.07) is 0.509. The standard InChI is InChI=1S/C11H16N2OS/c1-2-5-12-9(3-1)11-13-8-4-6-14-7-10(8)15-11/h9,12H,1-7H2. The van der Waals surface area contributed by atoms with Gasteiger partial charge in [-0.15, -0.1) is 11.3 Å². The van der Waals surface area contributed by atoms with Crippen LogP contribution in [0.4, 0.5) is 0 Å². The Balaban J connectivity index is 1.82. The first-order chi connectivity index (χ1) is 7.43. The third-order valence-corrected chi connectivity index (χ3v) is 4.30. The zero-order valence-corrected chi connectivity index (χ0v) is 9.61. The molecule has 2 aliphatic heterocycles. The second kappa shape index (κ2) is 4.20. The minimum Gasteiger partial charge on any atom is -0.375 e. The van der Waals surface area contributed by atoms with Crippen molar-refractivity contribution in [1.29, 1.82) is 0 Å². The zero-order valence-electron chi connectivity index (χ0n) is 8.79. The Hall–Kier alpha value is -0.450. The van der Waals surface area contributed by atoms with Crippen molar-refractivity contribution in [3.63, 3.8) is 0 Å². The molecule has 1 unspecified atom stereocenters. The van der Waals surface area contributed by atoms with Gasteiger partial charge in [0.15, 0.2) is 0 Å². The molecule has 0 aromatic carbocycles. The fourth-order valence-electron chi connectivity index (χ4n) is 2.26. The van der Waals surface area contributed by atoms with Crippen LogP contribution in [0.2, 0.25) is 0 Å². The van der Waals surface area contributed by atoms with Crippen LogP contribution in [-0.2, 0) is 17.8 Å². The van der Waals surface area contributed by atoms with Crippen LogP contribution in [0.1, 0.15) is 40.9 Å². The van der Waals surface area contributed by atoms with Crippen LogP contribution in [-0.4, -0.2) is 18.1 Å². The maximum atomic E-state index is 5.45. The Kier molecular flexibility index (Phi) is 2.73. The molecule has 0 radical (unpaired) electrons. The smallest absolute Gasteiger partial charge is 0.110 e. The lowest BCUT2D eigenvalue weighted by Gasteiger charge is -2.21. The molecule has 0 spiro atoms. The second-order valence-electron chi connectivity index (χ2n) is 4.23. The Morgan fingerprint density at radius 2 is 2.40 bits per heavy atom. The molecule has 1 aromatic heterocycles. The van der Waals surface area contributed by atoms with Gasteiger partial charge in [-0.3, -0.25) is 0 Å². The van der Waals surface area contributed by atoms with Gasteiger partial charge in [0.2, 0.25) is 0 Å². The van der Waals surface area contributed by atoms with Crippen LogP contribution in [0.3, 0.4) is 0 Å². The second-order valence-corrected chi connectivity index (χ2v) is 5.34. The topological polar surface area (TPSA) is 34.1 Å². The van der Waals surface area contributed by atoms with Gasteiger partial charge in [0.1, 0.15) is 5.01 Å². The summed E-state index contributed by atoms with van der Waals surface area (Å²) in [6.07, 6.45) is 4.88. The molecular formula is C11H16N2OS. The van der Waals surface area contributed by atoms with Crippen LogP contribution in [0.15, 0.2) is 0 Å². The lowest BCUT2D eigenvalue weighted by Crippen LogP contribution is -2.26. The fourth-order valence-corrected chi connectivity index (χ4v) is 3.42. The Labute approximate surface area is 93.9 Å². The quantitative estimate of drug-likeness (QED) is 0.792. The van der Waals surface area contributed by atoms with Crippen molar-refractivity contribution in [2.45, 2.75) is 38.3 Å². The van der Waals surface area contributed by atoms with E-state index in [2.05, 4.69) is 5.32 Å². The van der Waals surface area contributed by atoms with E-state index in [-0.39, 0.29) is 0 Å². The van der Waals surface area contributed by atoms with Crippen LogP contribution >= 0.6 is 11.3 Å². The average Bonchev–Trinajstić information content (AvgIpc) is 2.74. The largest absolute Gasteiger partial charge is 0.375 e. The molecule has 2 aliphatic rings. The number of aromatic nitrogens is 1. The summed E-state index contributed by atoms with van der Waals surface area (Å²) in [5.74, 6) is 0. The summed E-state index contributed by atoms with van der Waals surface area (Å²) in [5.41, 5.74) is 1.29. The first-order valence-corrected chi connectivity index (χ1v) is 6.55. The summed E-state index contributed by atoms with van der Waals surface area (Å²) in [4.78, 5) is 6.10. The van der Waals surface area contributed by atoms with Crippen molar-refractivity contribution in [1.82, 2.24) is 10.3 Å². The molecule has 4 heteroatoms. The maximum absolute atomic E-state index is 5.45. The predicted molar refractivity (Wildman–Crippen MR) is 60.1 cm³/mol. The predicted octanol–water partition coefficient (Wildman–Crippen LogP) is 2.03. The van der Waals surface area contributed by atoms with Crippen LogP contribution in [0.5, 0.6) is 0 Å². The highest BCUT2D eigenvalue weighted by molar-refractivity contribution is 7.11. The van der Waals surface area contributed by atoms with E-state index in [1.165, 1.54) is 34.8 Å². The van der Waals surface area contributed by atoms with Crippen LogP contribution < -0.4 is 5.32 Å². The van der Waals surface area contributed by atoms with Crippen molar-refractivity contribution >= 4 is 11.3 Å². The van der Waals surface area contributed by atoms with Crippen molar-refractivity contribution in [2.24, 2.45) is 0 Å². The van der Waals surface area contributed by atoms with E-state index in [9.17, 15) is 0 Å². The highest BCUT2D eigenvalue weighted by Crippen LogP contribution is 2.31. The molecule has 1 N–H and O–H groups in total. The van der Waals surface area contributed by atoms with Gasteiger partial charge in [-0.2, -0.15) is 0 Å². The molecule has 3 heterocycles. The van der Waals surface area contributed by atoms with E-state index < -0.39 is 0 Å².